The summed E-state index contributed by atoms with van der Waals surface area (Å²) in [5.41, 5.74) is 5.77. The number of amides is 1. The number of hydrazine groups is 1. The zero-order valence-electron chi connectivity index (χ0n) is 17.1. The lowest BCUT2D eigenvalue weighted by atomic mass is 10.1. The number of hydrogen-bond donors (Lipinski definition) is 2. The van der Waals surface area contributed by atoms with E-state index in [9.17, 15) is 14.9 Å². The molecule has 0 unspecified atom stereocenters. The summed E-state index contributed by atoms with van der Waals surface area (Å²) in [4.78, 5) is 37.6. The Morgan fingerprint density at radius 2 is 1.81 bits per heavy atom. The molecule has 0 aliphatic heterocycles. The van der Waals surface area contributed by atoms with Crippen LogP contribution < -0.4 is 15.8 Å². The van der Waals surface area contributed by atoms with E-state index in [-0.39, 0.29) is 17.3 Å². The molecule has 0 atom stereocenters. The van der Waals surface area contributed by atoms with Crippen molar-refractivity contribution < 1.29 is 9.72 Å². The first kappa shape index (κ1) is 20.7. The van der Waals surface area contributed by atoms with E-state index >= 15 is 0 Å². The lowest BCUT2D eigenvalue weighted by Gasteiger charge is -2.24. The normalized spacial score (nSPS) is 10.5. The summed E-state index contributed by atoms with van der Waals surface area (Å²) >= 11 is 0. The van der Waals surface area contributed by atoms with Gasteiger partial charge in [-0.25, -0.2) is 9.97 Å². The van der Waals surface area contributed by atoms with Crippen LogP contribution in [0.2, 0.25) is 0 Å². The van der Waals surface area contributed by atoms with Gasteiger partial charge >= 0.3 is 5.69 Å². The number of benzene rings is 2. The van der Waals surface area contributed by atoms with Crippen LogP contribution in [0.1, 0.15) is 17.3 Å². The third kappa shape index (κ3) is 4.01. The molecule has 0 saturated carbocycles. The van der Waals surface area contributed by atoms with Crippen molar-refractivity contribution in [1.82, 2.24) is 20.4 Å². The molecular weight excluding hydrogens is 410 g/mol. The number of fused-ring (bicyclic) bond motifs is 1. The van der Waals surface area contributed by atoms with Crippen LogP contribution in [-0.4, -0.2) is 32.3 Å². The lowest BCUT2D eigenvalue weighted by molar-refractivity contribution is -0.383. The molecular formula is C22H19N7O3. The molecule has 1 amide bonds. The summed E-state index contributed by atoms with van der Waals surface area (Å²) in [6.45, 7) is 2.31. The minimum Gasteiger partial charge on any atom is -0.320 e. The van der Waals surface area contributed by atoms with Gasteiger partial charge in [-0.3, -0.25) is 30.7 Å². The largest absolute Gasteiger partial charge is 0.355 e. The van der Waals surface area contributed by atoms with Gasteiger partial charge in [0.1, 0.15) is 6.33 Å². The van der Waals surface area contributed by atoms with E-state index in [1.54, 1.807) is 4.90 Å². The molecule has 2 N–H and O–H groups in total. The molecule has 4 aromatic rings. The first-order valence-electron chi connectivity index (χ1n) is 9.81. The standard InChI is InChI=1S/C22H19N7O3/c1-2-28(18-9-5-7-15-6-3-4-8-17(15)18)21-19(29(31)32)20(24-14-25-21)26-27-22(30)16-10-12-23-13-11-16/h3-14H,2H2,1H3,(H,27,30)(H,24,25,26). The van der Waals surface area contributed by atoms with Crippen LogP contribution >= 0.6 is 0 Å². The van der Waals surface area contributed by atoms with Crippen molar-refractivity contribution in [2.24, 2.45) is 0 Å². The Kier molecular flexibility index (Phi) is 5.84. The van der Waals surface area contributed by atoms with Crippen molar-refractivity contribution in [2.75, 3.05) is 16.9 Å². The maximum absolute atomic E-state index is 12.3. The highest BCUT2D eigenvalue weighted by Gasteiger charge is 2.28. The Hall–Kier alpha value is -4.60. The molecule has 0 aliphatic carbocycles. The minimum atomic E-state index is -0.565. The predicted molar refractivity (Wildman–Crippen MR) is 121 cm³/mol. The highest BCUT2D eigenvalue weighted by molar-refractivity contribution is 5.97. The summed E-state index contributed by atoms with van der Waals surface area (Å²) < 4.78 is 0. The SMILES string of the molecule is CCN(c1ncnc(NNC(=O)c2ccncc2)c1[N+](=O)[O-])c1cccc2ccccc12. The minimum absolute atomic E-state index is 0.115. The van der Waals surface area contributed by atoms with E-state index in [0.717, 1.165) is 16.5 Å². The quantitative estimate of drug-likeness (QED) is 0.335. The molecule has 10 nitrogen and oxygen atoms in total. The molecule has 0 saturated heterocycles. The van der Waals surface area contributed by atoms with Gasteiger partial charge in [-0.1, -0.05) is 36.4 Å². The first-order valence-corrected chi connectivity index (χ1v) is 9.81. The second-order valence-electron chi connectivity index (χ2n) is 6.71. The Labute approximate surface area is 183 Å². The van der Waals surface area contributed by atoms with Gasteiger partial charge < -0.3 is 4.90 Å². The predicted octanol–water partition coefficient (Wildman–Crippen LogP) is 3.85. The molecule has 0 aliphatic rings. The molecule has 2 heterocycles. The molecule has 10 heteroatoms. The van der Waals surface area contributed by atoms with Crippen LogP contribution in [-0.2, 0) is 0 Å². The zero-order valence-corrected chi connectivity index (χ0v) is 17.1. The summed E-state index contributed by atoms with van der Waals surface area (Å²) in [7, 11) is 0. The number of anilines is 3. The van der Waals surface area contributed by atoms with E-state index < -0.39 is 10.8 Å². The second kappa shape index (κ2) is 9.04. The third-order valence-corrected chi connectivity index (χ3v) is 4.85. The summed E-state index contributed by atoms with van der Waals surface area (Å²) in [6.07, 6.45) is 4.17. The number of aromatic nitrogens is 3. The van der Waals surface area contributed by atoms with E-state index in [4.69, 9.17) is 0 Å². The van der Waals surface area contributed by atoms with Crippen molar-refractivity contribution in [1.29, 1.82) is 0 Å². The van der Waals surface area contributed by atoms with Gasteiger partial charge in [-0.2, -0.15) is 0 Å². The van der Waals surface area contributed by atoms with Crippen LogP contribution in [0.25, 0.3) is 10.8 Å². The number of nitrogens with one attached hydrogen (secondary N) is 2. The van der Waals surface area contributed by atoms with Crippen molar-refractivity contribution >= 4 is 39.7 Å². The second-order valence-corrected chi connectivity index (χ2v) is 6.71. The smallest absolute Gasteiger partial charge is 0.320 e. The summed E-state index contributed by atoms with van der Waals surface area (Å²) in [5, 5.41) is 13.9. The number of nitrogens with zero attached hydrogens (tertiary/aromatic N) is 5. The molecule has 4 rings (SSSR count). The van der Waals surface area contributed by atoms with Gasteiger partial charge in [0.05, 0.1) is 10.6 Å². The van der Waals surface area contributed by atoms with Crippen molar-refractivity contribution in [3.63, 3.8) is 0 Å². The average molecular weight is 429 g/mol. The van der Waals surface area contributed by atoms with Crippen LogP contribution in [0.3, 0.4) is 0 Å². The summed E-state index contributed by atoms with van der Waals surface area (Å²) in [6, 6.07) is 16.6. The third-order valence-electron chi connectivity index (χ3n) is 4.85. The number of hydrogen-bond acceptors (Lipinski definition) is 8. The fraction of sp³-hybridized carbons (Fsp3) is 0.0909. The summed E-state index contributed by atoms with van der Waals surface area (Å²) in [5.74, 6) is -0.492. The van der Waals surface area contributed by atoms with Gasteiger partial charge in [0.15, 0.2) is 0 Å². The molecule has 0 fully saturated rings. The van der Waals surface area contributed by atoms with Crippen LogP contribution in [0.5, 0.6) is 0 Å². The van der Waals surface area contributed by atoms with Gasteiger partial charge in [0.2, 0.25) is 11.6 Å². The lowest BCUT2D eigenvalue weighted by Crippen LogP contribution is -2.30. The van der Waals surface area contributed by atoms with Crippen molar-refractivity contribution in [3.05, 3.63) is 89.0 Å². The molecule has 160 valence electrons. The van der Waals surface area contributed by atoms with E-state index in [1.165, 1.54) is 30.9 Å². The van der Waals surface area contributed by atoms with Gasteiger partial charge in [-0.15, -0.1) is 0 Å². The van der Waals surface area contributed by atoms with Crippen LogP contribution in [0.4, 0.5) is 23.0 Å². The number of carbonyl (C=O) groups is 1. The number of pyridine rings is 1. The molecule has 0 radical (unpaired) electrons. The van der Waals surface area contributed by atoms with Gasteiger partial charge in [0, 0.05) is 29.9 Å². The highest BCUT2D eigenvalue weighted by Crippen LogP contribution is 2.38. The number of carbonyl (C=O) groups excluding carboxylic acids is 1. The molecule has 2 aromatic heterocycles. The van der Waals surface area contributed by atoms with E-state index in [2.05, 4.69) is 25.8 Å². The molecule has 0 bridgehead atoms. The number of rotatable bonds is 7. The number of nitro groups is 1. The van der Waals surface area contributed by atoms with E-state index in [0.29, 0.717) is 12.1 Å². The van der Waals surface area contributed by atoms with E-state index in [1.807, 2.05) is 49.4 Å². The maximum atomic E-state index is 12.3. The molecule has 0 spiro atoms. The monoisotopic (exact) mass is 429 g/mol. The van der Waals surface area contributed by atoms with Crippen molar-refractivity contribution in [3.8, 4) is 0 Å². The zero-order chi connectivity index (χ0) is 22.5. The maximum Gasteiger partial charge on any atom is 0.355 e. The van der Waals surface area contributed by atoms with Gasteiger partial charge in [-0.05, 0) is 30.5 Å². The topological polar surface area (TPSA) is 126 Å². The molecule has 32 heavy (non-hydrogen) atoms. The first-order chi connectivity index (χ1) is 15.6. The molecule has 2 aromatic carbocycles. The Balaban J connectivity index is 1.72. The fourth-order valence-corrected chi connectivity index (χ4v) is 3.40. The van der Waals surface area contributed by atoms with Crippen molar-refractivity contribution in [2.45, 2.75) is 6.92 Å². The average Bonchev–Trinajstić information content (AvgIpc) is 2.83. The van der Waals surface area contributed by atoms with Crippen LogP contribution in [0, 0.1) is 10.1 Å². The fourth-order valence-electron chi connectivity index (χ4n) is 3.40. The Morgan fingerprint density at radius 1 is 1.06 bits per heavy atom. The van der Waals surface area contributed by atoms with Crippen LogP contribution in [0.15, 0.2) is 73.3 Å². The van der Waals surface area contributed by atoms with Gasteiger partial charge in [0.25, 0.3) is 5.91 Å². The Morgan fingerprint density at radius 3 is 2.56 bits per heavy atom. The highest BCUT2D eigenvalue weighted by atomic mass is 16.6. The Bertz CT molecular complexity index is 1280.